The lowest BCUT2D eigenvalue weighted by molar-refractivity contribution is 0.735. The molecule has 0 aliphatic heterocycles. The lowest BCUT2D eigenvalue weighted by Gasteiger charge is -2.11. The molecule has 1 atom stereocenters. The van der Waals surface area contributed by atoms with E-state index in [4.69, 9.17) is 17.3 Å². The monoisotopic (exact) mass is 355 g/mol. The second-order valence-corrected chi connectivity index (χ2v) is 7.49. The summed E-state index contributed by atoms with van der Waals surface area (Å²) >= 11 is 11.6. The summed E-state index contributed by atoms with van der Waals surface area (Å²) in [4.78, 5) is 2.83. The van der Waals surface area contributed by atoms with Crippen molar-refractivity contribution in [2.75, 3.05) is 0 Å². The van der Waals surface area contributed by atoms with Gasteiger partial charge in [-0.1, -0.05) is 33.6 Å². The van der Waals surface area contributed by atoms with Crippen LogP contribution < -0.4 is 5.73 Å². The SMILES string of the molecule is NC(Cc1ccc(Br)cc1Cl)c1cc2c(s1)CCC2. The Kier molecular flexibility index (Phi) is 3.99. The number of fused-ring (bicyclic) bond motifs is 1. The second-order valence-electron chi connectivity index (χ2n) is 5.00. The third kappa shape index (κ3) is 2.89. The van der Waals surface area contributed by atoms with Crippen molar-refractivity contribution in [3.05, 3.63) is 54.6 Å². The molecule has 0 saturated carbocycles. The Morgan fingerprint density at radius 2 is 2.16 bits per heavy atom. The summed E-state index contributed by atoms with van der Waals surface area (Å²) in [5.74, 6) is 0. The van der Waals surface area contributed by atoms with E-state index in [1.54, 1.807) is 0 Å². The smallest absolute Gasteiger partial charge is 0.0449 e. The van der Waals surface area contributed by atoms with Crippen LogP contribution in [0.4, 0.5) is 0 Å². The van der Waals surface area contributed by atoms with E-state index in [1.807, 2.05) is 29.5 Å². The average Bonchev–Trinajstić information content (AvgIpc) is 2.93. The van der Waals surface area contributed by atoms with Crippen LogP contribution in [0.25, 0.3) is 0 Å². The van der Waals surface area contributed by atoms with Crippen molar-refractivity contribution in [2.45, 2.75) is 31.7 Å². The first-order valence-electron chi connectivity index (χ1n) is 6.44. The highest BCUT2D eigenvalue weighted by Crippen LogP contribution is 2.34. The van der Waals surface area contributed by atoms with E-state index < -0.39 is 0 Å². The standard InChI is InChI=1S/C15H15BrClNS/c16-11-5-4-9(12(17)8-11)6-13(18)15-7-10-2-1-3-14(10)19-15/h4-5,7-8,13H,1-3,6,18H2. The summed E-state index contributed by atoms with van der Waals surface area (Å²) in [5.41, 5.74) is 8.96. The zero-order valence-corrected chi connectivity index (χ0v) is 13.6. The van der Waals surface area contributed by atoms with E-state index in [-0.39, 0.29) is 6.04 Å². The first-order chi connectivity index (χ1) is 9.13. The van der Waals surface area contributed by atoms with Crippen LogP contribution in [0.15, 0.2) is 28.7 Å². The van der Waals surface area contributed by atoms with Crippen molar-refractivity contribution in [3.63, 3.8) is 0 Å². The summed E-state index contributed by atoms with van der Waals surface area (Å²) < 4.78 is 1.00. The van der Waals surface area contributed by atoms with E-state index in [2.05, 4.69) is 22.0 Å². The first kappa shape index (κ1) is 13.6. The first-order valence-corrected chi connectivity index (χ1v) is 8.43. The molecule has 0 amide bonds. The number of rotatable bonds is 3. The Hall–Kier alpha value is -0.350. The van der Waals surface area contributed by atoms with Gasteiger partial charge in [0.05, 0.1) is 0 Å². The minimum absolute atomic E-state index is 0.0503. The lowest BCUT2D eigenvalue weighted by atomic mass is 10.0. The van der Waals surface area contributed by atoms with Gasteiger partial charge in [0.1, 0.15) is 0 Å². The van der Waals surface area contributed by atoms with Gasteiger partial charge in [0.15, 0.2) is 0 Å². The van der Waals surface area contributed by atoms with Gasteiger partial charge in [0.25, 0.3) is 0 Å². The molecule has 2 aromatic rings. The molecule has 100 valence electrons. The Morgan fingerprint density at radius 3 is 2.89 bits per heavy atom. The van der Waals surface area contributed by atoms with Crippen LogP contribution in [-0.2, 0) is 19.3 Å². The largest absolute Gasteiger partial charge is 0.323 e. The van der Waals surface area contributed by atoms with Crippen LogP contribution in [0, 0.1) is 0 Å². The number of thiophene rings is 1. The minimum Gasteiger partial charge on any atom is -0.323 e. The number of halogens is 2. The molecular weight excluding hydrogens is 342 g/mol. The van der Waals surface area contributed by atoms with Crippen molar-refractivity contribution in [1.29, 1.82) is 0 Å². The maximum atomic E-state index is 6.34. The molecule has 2 N–H and O–H groups in total. The molecular formula is C15H15BrClNS. The molecule has 1 unspecified atom stereocenters. The van der Waals surface area contributed by atoms with Crippen LogP contribution in [0.1, 0.15) is 33.3 Å². The maximum absolute atomic E-state index is 6.34. The van der Waals surface area contributed by atoms with Gasteiger partial charge in [-0.15, -0.1) is 11.3 Å². The van der Waals surface area contributed by atoms with E-state index >= 15 is 0 Å². The zero-order chi connectivity index (χ0) is 13.4. The molecule has 1 aliphatic carbocycles. The molecule has 4 heteroatoms. The lowest BCUT2D eigenvalue weighted by Crippen LogP contribution is -2.12. The highest BCUT2D eigenvalue weighted by Gasteiger charge is 2.18. The van der Waals surface area contributed by atoms with Crippen LogP contribution in [0.2, 0.25) is 5.02 Å². The van der Waals surface area contributed by atoms with Gasteiger partial charge in [0.2, 0.25) is 0 Å². The van der Waals surface area contributed by atoms with Crippen molar-refractivity contribution in [3.8, 4) is 0 Å². The maximum Gasteiger partial charge on any atom is 0.0449 e. The van der Waals surface area contributed by atoms with E-state index in [0.29, 0.717) is 0 Å². The normalized spacial score (nSPS) is 15.5. The summed E-state index contributed by atoms with van der Waals surface area (Å²) in [7, 11) is 0. The molecule has 1 aromatic heterocycles. The molecule has 3 rings (SSSR count). The van der Waals surface area contributed by atoms with Crippen LogP contribution in [0.5, 0.6) is 0 Å². The number of hydrogen-bond donors (Lipinski definition) is 1. The van der Waals surface area contributed by atoms with Gasteiger partial charge in [-0.25, -0.2) is 0 Å². The van der Waals surface area contributed by atoms with E-state index in [9.17, 15) is 0 Å². The number of benzene rings is 1. The van der Waals surface area contributed by atoms with Crippen molar-refractivity contribution >= 4 is 38.9 Å². The molecule has 0 saturated heterocycles. The highest BCUT2D eigenvalue weighted by atomic mass is 79.9. The van der Waals surface area contributed by atoms with E-state index in [1.165, 1.54) is 34.6 Å². The fraction of sp³-hybridized carbons (Fsp3) is 0.333. The van der Waals surface area contributed by atoms with Gasteiger partial charge >= 0.3 is 0 Å². The molecule has 0 bridgehead atoms. The van der Waals surface area contributed by atoms with E-state index in [0.717, 1.165) is 21.5 Å². The molecule has 1 heterocycles. The Morgan fingerprint density at radius 1 is 1.32 bits per heavy atom. The predicted molar refractivity (Wildman–Crippen MR) is 86.1 cm³/mol. The summed E-state index contributed by atoms with van der Waals surface area (Å²) in [6.45, 7) is 0. The number of hydrogen-bond acceptors (Lipinski definition) is 2. The fourth-order valence-electron chi connectivity index (χ4n) is 2.56. The molecule has 1 nitrogen and oxygen atoms in total. The van der Waals surface area contributed by atoms with Gasteiger partial charge in [-0.05, 0) is 55.0 Å². The predicted octanol–water partition coefficient (Wildman–Crippen LogP) is 4.90. The quantitative estimate of drug-likeness (QED) is 0.832. The topological polar surface area (TPSA) is 26.0 Å². The minimum atomic E-state index is 0.0503. The molecule has 0 fully saturated rings. The third-order valence-electron chi connectivity index (χ3n) is 3.59. The van der Waals surface area contributed by atoms with Crippen molar-refractivity contribution in [2.24, 2.45) is 5.73 Å². The number of aryl methyl sites for hydroxylation is 2. The average molecular weight is 357 g/mol. The molecule has 1 aliphatic rings. The van der Waals surface area contributed by atoms with Gasteiger partial charge in [-0.2, -0.15) is 0 Å². The Labute approximate surface area is 130 Å². The summed E-state index contributed by atoms with van der Waals surface area (Å²) in [6, 6.07) is 8.34. The van der Waals surface area contributed by atoms with Crippen LogP contribution >= 0.6 is 38.9 Å². The summed E-state index contributed by atoms with van der Waals surface area (Å²) in [5, 5.41) is 0.786. The highest BCUT2D eigenvalue weighted by molar-refractivity contribution is 9.10. The van der Waals surface area contributed by atoms with Crippen LogP contribution in [0.3, 0.4) is 0 Å². The Bertz CT molecular complexity index is 587. The zero-order valence-electron chi connectivity index (χ0n) is 10.5. The van der Waals surface area contributed by atoms with Crippen molar-refractivity contribution in [1.82, 2.24) is 0 Å². The second kappa shape index (κ2) is 5.57. The summed E-state index contributed by atoms with van der Waals surface area (Å²) in [6.07, 6.45) is 4.55. The molecule has 0 spiro atoms. The fourth-order valence-corrected chi connectivity index (χ4v) is 4.57. The molecule has 1 aromatic carbocycles. The Balaban J connectivity index is 1.78. The molecule has 0 radical (unpaired) electrons. The van der Waals surface area contributed by atoms with Gasteiger partial charge in [-0.3, -0.25) is 0 Å². The third-order valence-corrected chi connectivity index (χ3v) is 5.80. The molecule has 19 heavy (non-hydrogen) atoms. The van der Waals surface area contributed by atoms with Crippen molar-refractivity contribution < 1.29 is 0 Å². The van der Waals surface area contributed by atoms with Crippen LogP contribution in [-0.4, -0.2) is 0 Å². The van der Waals surface area contributed by atoms with Gasteiger partial charge in [0, 0.05) is 25.3 Å². The van der Waals surface area contributed by atoms with Gasteiger partial charge < -0.3 is 5.73 Å². The number of nitrogens with two attached hydrogens (primary N) is 1.